The molecule has 0 aliphatic rings. The Labute approximate surface area is 173 Å². The van der Waals surface area contributed by atoms with Gasteiger partial charge in [0, 0.05) is 27.4 Å². The van der Waals surface area contributed by atoms with Crippen molar-refractivity contribution in [2.24, 2.45) is 0 Å². The Morgan fingerprint density at radius 2 is 1.71 bits per heavy atom. The predicted molar refractivity (Wildman–Crippen MR) is 116 cm³/mol. The molecule has 5 heteroatoms. The average Bonchev–Trinajstić information content (AvgIpc) is 3.07. The molecule has 28 heavy (non-hydrogen) atoms. The van der Waals surface area contributed by atoms with Crippen molar-refractivity contribution in [1.29, 1.82) is 0 Å². The summed E-state index contributed by atoms with van der Waals surface area (Å²) in [5, 5.41) is 4.67. The number of aromatic amines is 1. The monoisotopic (exact) mass is 406 g/mol. The maximum atomic E-state index is 13.0. The van der Waals surface area contributed by atoms with Crippen LogP contribution >= 0.6 is 23.4 Å². The van der Waals surface area contributed by atoms with Gasteiger partial charge in [-0.15, -0.1) is 0 Å². The molecule has 4 aromatic rings. The van der Waals surface area contributed by atoms with Crippen LogP contribution in [0, 0.1) is 6.92 Å². The summed E-state index contributed by atoms with van der Waals surface area (Å²) in [6.07, 6.45) is 0. The molecule has 1 amide bonds. The van der Waals surface area contributed by atoms with E-state index in [2.05, 4.69) is 41.5 Å². The van der Waals surface area contributed by atoms with Crippen molar-refractivity contribution in [2.75, 3.05) is 0 Å². The van der Waals surface area contributed by atoms with Gasteiger partial charge >= 0.3 is 0 Å². The SMILES string of the molecule is Cc1ccc(Sc2c(C(=O)NCc3ccccc3Cl)[nH]c3ccccc23)cc1. The number of halogens is 1. The van der Waals surface area contributed by atoms with E-state index in [4.69, 9.17) is 11.6 Å². The molecule has 0 aliphatic heterocycles. The van der Waals surface area contributed by atoms with Crippen LogP contribution < -0.4 is 5.32 Å². The lowest BCUT2D eigenvalue weighted by molar-refractivity contribution is 0.0944. The van der Waals surface area contributed by atoms with Crippen LogP contribution in [0.15, 0.2) is 82.6 Å². The van der Waals surface area contributed by atoms with Crippen LogP contribution in [0.2, 0.25) is 5.02 Å². The van der Waals surface area contributed by atoms with E-state index in [9.17, 15) is 4.79 Å². The van der Waals surface area contributed by atoms with E-state index >= 15 is 0 Å². The molecule has 3 nitrogen and oxygen atoms in total. The second kappa shape index (κ2) is 8.13. The van der Waals surface area contributed by atoms with Gasteiger partial charge in [0.25, 0.3) is 5.91 Å². The van der Waals surface area contributed by atoms with Gasteiger partial charge in [-0.05, 0) is 36.8 Å². The summed E-state index contributed by atoms with van der Waals surface area (Å²) in [4.78, 5) is 18.3. The number of nitrogens with one attached hydrogen (secondary N) is 2. The maximum Gasteiger partial charge on any atom is 0.269 e. The molecular weight excluding hydrogens is 388 g/mol. The summed E-state index contributed by atoms with van der Waals surface area (Å²) in [5.74, 6) is -0.147. The number of para-hydroxylation sites is 1. The fourth-order valence-electron chi connectivity index (χ4n) is 3.01. The molecule has 4 rings (SSSR count). The van der Waals surface area contributed by atoms with Crippen molar-refractivity contribution in [3.8, 4) is 0 Å². The smallest absolute Gasteiger partial charge is 0.269 e. The minimum absolute atomic E-state index is 0.147. The molecule has 0 atom stereocenters. The van der Waals surface area contributed by atoms with Gasteiger partial charge in [0.05, 0.1) is 4.90 Å². The molecule has 2 N–H and O–H groups in total. The fraction of sp³-hybridized carbons (Fsp3) is 0.0870. The zero-order chi connectivity index (χ0) is 19.5. The number of amides is 1. The lowest BCUT2D eigenvalue weighted by Gasteiger charge is -2.08. The first-order valence-corrected chi connectivity index (χ1v) is 10.2. The minimum atomic E-state index is -0.147. The van der Waals surface area contributed by atoms with E-state index in [1.807, 2.05) is 48.5 Å². The molecular formula is C23H19ClN2OS. The molecule has 1 aromatic heterocycles. The molecule has 0 spiro atoms. The highest BCUT2D eigenvalue weighted by Crippen LogP contribution is 2.36. The number of hydrogen-bond donors (Lipinski definition) is 2. The Morgan fingerprint density at radius 3 is 2.50 bits per heavy atom. The first kappa shape index (κ1) is 18.7. The second-order valence-corrected chi connectivity index (χ2v) is 8.05. The predicted octanol–water partition coefficient (Wildman–Crippen LogP) is 6.21. The largest absolute Gasteiger partial charge is 0.350 e. The molecule has 0 saturated carbocycles. The standard InChI is InChI=1S/C23H19ClN2OS/c1-15-10-12-17(13-11-15)28-22-18-7-3-5-9-20(18)26-21(22)23(27)25-14-16-6-2-4-8-19(16)24/h2-13,26H,14H2,1H3,(H,25,27). The van der Waals surface area contributed by atoms with E-state index in [0.29, 0.717) is 17.3 Å². The number of carbonyl (C=O) groups excluding carboxylic acids is 1. The van der Waals surface area contributed by atoms with Crippen molar-refractivity contribution in [1.82, 2.24) is 10.3 Å². The van der Waals surface area contributed by atoms with Gasteiger partial charge in [-0.25, -0.2) is 0 Å². The highest BCUT2D eigenvalue weighted by molar-refractivity contribution is 7.99. The van der Waals surface area contributed by atoms with Gasteiger partial charge < -0.3 is 10.3 Å². The number of aryl methyl sites for hydroxylation is 1. The van der Waals surface area contributed by atoms with Crippen LogP contribution in [0.4, 0.5) is 0 Å². The highest BCUT2D eigenvalue weighted by atomic mass is 35.5. The molecule has 0 fully saturated rings. The second-order valence-electron chi connectivity index (χ2n) is 6.56. The van der Waals surface area contributed by atoms with E-state index in [-0.39, 0.29) is 5.91 Å². The summed E-state index contributed by atoms with van der Waals surface area (Å²) in [6, 6.07) is 23.8. The zero-order valence-electron chi connectivity index (χ0n) is 15.3. The molecule has 3 aromatic carbocycles. The first-order valence-electron chi connectivity index (χ1n) is 8.98. The summed E-state index contributed by atoms with van der Waals surface area (Å²) < 4.78 is 0. The Kier molecular flexibility index (Phi) is 5.42. The van der Waals surface area contributed by atoms with Crippen molar-refractivity contribution < 1.29 is 4.79 Å². The Morgan fingerprint density at radius 1 is 1.00 bits per heavy atom. The van der Waals surface area contributed by atoms with Crippen LogP contribution in [0.1, 0.15) is 21.6 Å². The Bertz CT molecular complexity index is 1140. The Balaban J connectivity index is 1.64. The van der Waals surface area contributed by atoms with Gasteiger partial charge in [0.2, 0.25) is 0 Å². The number of rotatable bonds is 5. The molecule has 1 heterocycles. The van der Waals surface area contributed by atoms with Gasteiger partial charge in [-0.1, -0.05) is 77.5 Å². The van der Waals surface area contributed by atoms with Crippen molar-refractivity contribution in [3.63, 3.8) is 0 Å². The molecule has 0 radical (unpaired) electrons. The third-order valence-corrected chi connectivity index (χ3v) is 6.03. The molecule has 0 unspecified atom stereocenters. The van der Waals surface area contributed by atoms with Crippen LogP contribution in [-0.4, -0.2) is 10.9 Å². The lowest BCUT2D eigenvalue weighted by atomic mass is 10.2. The van der Waals surface area contributed by atoms with Crippen LogP contribution in [0.3, 0.4) is 0 Å². The van der Waals surface area contributed by atoms with Crippen molar-refractivity contribution >= 4 is 40.2 Å². The quantitative estimate of drug-likeness (QED) is 0.413. The topological polar surface area (TPSA) is 44.9 Å². The summed E-state index contributed by atoms with van der Waals surface area (Å²) in [7, 11) is 0. The van der Waals surface area contributed by atoms with Crippen LogP contribution in [0.25, 0.3) is 10.9 Å². The maximum absolute atomic E-state index is 13.0. The molecule has 0 bridgehead atoms. The number of aromatic nitrogens is 1. The summed E-state index contributed by atoms with van der Waals surface area (Å²) in [6.45, 7) is 2.44. The third-order valence-electron chi connectivity index (χ3n) is 4.52. The third kappa shape index (κ3) is 3.93. The van der Waals surface area contributed by atoms with Gasteiger partial charge in [0.1, 0.15) is 5.69 Å². The lowest BCUT2D eigenvalue weighted by Crippen LogP contribution is -2.23. The van der Waals surface area contributed by atoms with E-state index in [0.717, 1.165) is 26.3 Å². The summed E-state index contributed by atoms with van der Waals surface area (Å²) in [5.41, 5.74) is 3.61. The zero-order valence-corrected chi connectivity index (χ0v) is 16.9. The number of benzene rings is 3. The van der Waals surface area contributed by atoms with Crippen LogP contribution in [-0.2, 0) is 6.54 Å². The normalized spacial score (nSPS) is 10.9. The fourth-order valence-corrected chi connectivity index (χ4v) is 4.26. The number of carbonyl (C=O) groups is 1. The number of fused-ring (bicyclic) bond motifs is 1. The first-order chi connectivity index (χ1) is 13.6. The van der Waals surface area contributed by atoms with E-state index in [1.165, 1.54) is 5.56 Å². The van der Waals surface area contributed by atoms with Crippen molar-refractivity contribution in [3.05, 3.63) is 94.6 Å². The highest BCUT2D eigenvalue weighted by Gasteiger charge is 2.19. The summed E-state index contributed by atoms with van der Waals surface area (Å²) >= 11 is 7.80. The Hall–Kier alpha value is -2.69. The molecule has 140 valence electrons. The van der Waals surface area contributed by atoms with E-state index < -0.39 is 0 Å². The van der Waals surface area contributed by atoms with Crippen molar-refractivity contribution in [2.45, 2.75) is 23.3 Å². The minimum Gasteiger partial charge on any atom is -0.350 e. The van der Waals surface area contributed by atoms with Crippen LogP contribution in [0.5, 0.6) is 0 Å². The number of hydrogen-bond acceptors (Lipinski definition) is 2. The average molecular weight is 407 g/mol. The number of H-pyrrole nitrogens is 1. The van der Waals surface area contributed by atoms with Gasteiger partial charge in [-0.3, -0.25) is 4.79 Å². The van der Waals surface area contributed by atoms with Gasteiger partial charge in [0.15, 0.2) is 0 Å². The molecule has 0 aliphatic carbocycles. The van der Waals surface area contributed by atoms with Gasteiger partial charge in [-0.2, -0.15) is 0 Å². The molecule has 0 saturated heterocycles. The van der Waals surface area contributed by atoms with E-state index in [1.54, 1.807) is 11.8 Å².